The standard InChI is InChI=1S/C11H15N3O4/c15-9(16)3-1-2-5-14-7-8-4-6-18-13-10(8)12-11(14)17/h7H,1-6H2,(H,15,16)(H,12,13,17). The van der Waals surface area contributed by atoms with Gasteiger partial charge in [0.05, 0.1) is 6.61 Å². The van der Waals surface area contributed by atoms with Gasteiger partial charge in [-0.05, 0) is 12.8 Å². The largest absolute Gasteiger partial charge is 0.481 e. The summed E-state index contributed by atoms with van der Waals surface area (Å²) in [5.41, 5.74) is 3.21. The molecule has 1 aliphatic rings. The van der Waals surface area contributed by atoms with Crippen LogP contribution in [0.2, 0.25) is 0 Å². The molecule has 2 N–H and O–H groups in total. The van der Waals surface area contributed by atoms with E-state index in [1.807, 2.05) is 0 Å². The Labute approximate surface area is 103 Å². The first kappa shape index (κ1) is 12.6. The number of carboxylic acids is 1. The quantitative estimate of drug-likeness (QED) is 0.738. The summed E-state index contributed by atoms with van der Waals surface area (Å²) in [7, 11) is 0. The summed E-state index contributed by atoms with van der Waals surface area (Å²) in [4.78, 5) is 30.9. The molecule has 18 heavy (non-hydrogen) atoms. The highest BCUT2D eigenvalue weighted by Gasteiger charge is 2.12. The molecular weight excluding hydrogens is 238 g/mol. The molecular formula is C11H15N3O4. The number of aliphatic carboxylic acids is 1. The lowest BCUT2D eigenvalue weighted by molar-refractivity contribution is -0.137. The lowest BCUT2D eigenvalue weighted by atomic mass is 10.2. The van der Waals surface area contributed by atoms with Crippen LogP contribution in [0.25, 0.3) is 0 Å². The van der Waals surface area contributed by atoms with Gasteiger partial charge in [-0.2, -0.15) is 4.98 Å². The van der Waals surface area contributed by atoms with Crippen molar-refractivity contribution in [3.05, 3.63) is 22.2 Å². The predicted octanol–water partition coefficient (Wildman–Crippen LogP) is 0.398. The Bertz CT molecular complexity index is 498. The number of anilines is 1. The molecule has 2 heterocycles. The monoisotopic (exact) mass is 253 g/mol. The maximum Gasteiger partial charge on any atom is 0.349 e. The Morgan fingerprint density at radius 1 is 1.56 bits per heavy atom. The van der Waals surface area contributed by atoms with Crippen LogP contribution in [-0.2, 0) is 22.6 Å². The number of aryl methyl sites for hydroxylation is 1. The van der Waals surface area contributed by atoms with Crippen molar-refractivity contribution in [3.63, 3.8) is 0 Å². The molecule has 7 heteroatoms. The fourth-order valence-electron chi connectivity index (χ4n) is 1.81. The van der Waals surface area contributed by atoms with Crippen LogP contribution in [0, 0.1) is 0 Å². The molecule has 1 aromatic rings. The Hall–Kier alpha value is -1.89. The van der Waals surface area contributed by atoms with E-state index in [-0.39, 0.29) is 12.1 Å². The van der Waals surface area contributed by atoms with Crippen molar-refractivity contribution < 1.29 is 14.7 Å². The van der Waals surface area contributed by atoms with Crippen molar-refractivity contribution in [2.45, 2.75) is 32.2 Å². The van der Waals surface area contributed by atoms with Crippen molar-refractivity contribution in [2.24, 2.45) is 0 Å². The molecule has 2 rings (SSSR count). The summed E-state index contributed by atoms with van der Waals surface area (Å²) in [6, 6.07) is 0. The van der Waals surface area contributed by atoms with E-state index < -0.39 is 5.97 Å². The number of nitrogens with one attached hydrogen (secondary N) is 1. The third-order valence-electron chi connectivity index (χ3n) is 2.75. The lowest BCUT2D eigenvalue weighted by Gasteiger charge is -2.17. The maximum absolute atomic E-state index is 11.7. The summed E-state index contributed by atoms with van der Waals surface area (Å²) in [5.74, 6) is -0.333. The van der Waals surface area contributed by atoms with E-state index in [9.17, 15) is 9.59 Å². The third-order valence-corrected chi connectivity index (χ3v) is 2.75. The van der Waals surface area contributed by atoms with Gasteiger partial charge in [0.15, 0.2) is 5.82 Å². The molecule has 1 aromatic heterocycles. The van der Waals surface area contributed by atoms with E-state index in [4.69, 9.17) is 9.94 Å². The van der Waals surface area contributed by atoms with E-state index >= 15 is 0 Å². The molecule has 0 unspecified atom stereocenters. The molecule has 0 spiro atoms. The van der Waals surface area contributed by atoms with Gasteiger partial charge in [0, 0.05) is 31.1 Å². The van der Waals surface area contributed by atoms with Crippen LogP contribution >= 0.6 is 0 Å². The molecule has 7 nitrogen and oxygen atoms in total. The van der Waals surface area contributed by atoms with Crippen molar-refractivity contribution in [1.82, 2.24) is 9.55 Å². The van der Waals surface area contributed by atoms with E-state index in [1.165, 1.54) is 4.57 Å². The second kappa shape index (κ2) is 5.63. The zero-order valence-corrected chi connectivity index (χ0v) is 9.89. The second-order valence-corrected chi connectivity index (χ2v) is 4.14. The van der Waals surface area contributed by atoms with Crippen molar-refractivity contribution >= 4 is 11.8 Å². The molecule has 98 valence electrons. The number of nitrogens with zero attached hydrogens (tertiary/aromatic N) is 2. The number of unbranched alkanes of at least 4 members (excludes halogenated alkanes) is 1. The summed E-state index contributed by atoms with van der Waals surface area (Å²) in [6.45, 7) is 1.04. The van der Waals surface area contributed by atoms with Gasteiger partial charge < -0.3 is 5.11 Å². The number of rotatable bonds is 5. The molecule has 0 saturated carbocycles. The Balaban J connectivity index is 2.00. The van der Waals surface area contributed by atoms with Crippen LogP contribution in [0.15, 0.2) is 11.0 Å². The first-order valence-corrected chi connectivity index (χ1v) is 5.87. The Morgan fingerprint density at radius 2 is 2.39 bits per heavy atom. The molecule has 0 bridgehead atoms. The number of hydrogen-bond acceptors (Lipinski definition) is 5. The number of hydrogen-bond donors (Lipinski definition) is 2. The first-order chi connectivity index (χ1) is 8.66. The smallest absolute Gasteiger partial charge is 0.349 e. The number of aromatic nitrogens is 2. The van der Waals surface area contributed by atoms with E-state index in [0.29, 0.717) is 38.2 Å². The van der Waals surface area contributed by atoms with Gasteiger partial charge in [0.2, 0.25) is 0 Å². The van der Waals surface area contributed by atoms with Gasteiger partial charge in [-0.1, -0.05) is 0 Å². The SMILES string of the molecule is O=C(O)CCCCn1cc2c(nc1=O)NOCC2. The van der Waals surface area contributed by atoms with Crippen LogP contribution in [0.5, 0.6) is 0 Å². The predicted molar refractivity (Wildman–Crippen MR) is 63.3 cm³/mol. The third kappa shape index (κ3) is 3.07. The second-order valence-electron chi connectivity index (χ2n) is 4.14. The van der Waals surface area contributed by atoms with Crippen molar-refractivity contribution in [3.8, 4) is 0 Å². The highest BCUT2D eigenvalue weighted by atomic mass is 16.6. The summed E-state index contributed by atoms with van der Waals surface area (Å²) < 4.78 is 1.52. The molecule has 0 aromatic carbocycles. The van der Waals surface area contributed by atoms with Gasteiger partial charge >= 0.3 is 11.7 Å². The first-order valence-electron chi connectivity index (χ1n) is 5.87. The Kier molecular flexibility index (Phi) is 3.93. The number of carbonyl (C=O) groups is 1. The van der Waals surface area contributed by atoms with E-state index in [0.717, 1.165) is 5.56 Å². The Morgan fingerprint density at radius 3 is 3.17 bits per heavy atom. The minimum absolute atomic E-state index is 0.127. The highest BCUT2D eigenvalue weighted by molar-refractivity contribution is 5.66. The minimum atomic E-state index is -0.813. The molecule has 0 atom stereocenters. The zero-order chi connectivity index (χ0) is 13.0. The molecule has 0 radical (unpaired) electrons. The molecule has 0 fully saturated rings. The summed E-state index contributed by atoms with van der Waals surface area (Å²) in [5, 5.41) is 8.52. The average molecular weight is 253 g/mol. The van der Waals surface area contributed by atoms with Crippen LogP contribution < -0.4 is 11.2 Å². The van der Waals surface area contributed by atoms with E-state index in [2.05, 4.69) is 10.5 Å². The highest BCUT2D eigenvalue weighted by Crippen LogP contribution is 2.15. The number of fused-ring (bicyclic) bond motifs is 1. The summed E-state index contributed by atoms with van der Waals surface area (Å²) in [6.07, 6.45) is 3.81. The molecule has 0 amide bonds. The van der Waals surface area contributed by atoms with E-state index in [1.54, 1.807) is 6.20 Å². The fraction of sp³-hybridized carbons (Fsp3) is 0.545. The molecule has 0 saturated heterocycles. The van der Waals surface area contributed by atoms with Crippen LogP contribution in [0.3, 0.4) is 0 Å². The molecule has 0 aliphatic carbocycles. The zero-order valence-electron chi connectivity index (χ0n) is 9.89. The van der Waals surface area contributed by atoms with Crippen molar-refractivity contribution in [1.29, 1.82) is 0 Å². The normalized spacial score (nSPS) is 13.8. The fourth-order valence-corrected chi connectivity index (χ4v) is 1.81. The van der Waals surface area contributed by atoms with Gasteiger partial charge in [-0.15, -0.1) is 0 Å². The maximum atomic E-state index is 11.7. The van der Waals surface area contributed by atoms with Gasteiger partial charge in [0.25, 0.3) is 0 Å². The van der Waals surface area contributed by atoms with Gasteiger partial charge in [-0.3, -0.25) is 14.2 Å². The van der Waals surface area contributed by atoms with Crippen molar-refractivity contribution in [2.75, 3.05) is 12.1 Å². The van der Waals surface area contributed by atoms with Crippen LogP contribution in [0.4, 0.5) is 5.82 Å². The van der Waals surface area contributed by atoms with Gasteiger partial charge in [-0.25, -0.2) is 10.3 Å². The van der Waals surface area contributed by atoms with Crippen LogP contribution in [-0.4, -0.2) is 27.2 Å². The molecule has 1 aliphatic heterocycles. The lowest BCUT2D eigenvalue weighted by Crippen LogP contribution is -2.28. The topological polar surface area (TPSA) is 93.5 Å². The average Bonchev–Trinajstić information content (AvgIpc) is 2.34. The number of carboxylic acid groups (broad SMARTS) is 1. The summed E-state index contributed by atoms with van der Waals surface area (Å²) >= 11 is 0. The van der Waals surface area contributed by atoms with Gasteiger partial charge in [0.1, 0.15) is 0 Å². The minimum Gasteiger partial charge on any atom is -0.481 e. The van der Waals surface area contributed by atoms with Crippen LogP contribution in [0.1, 0.15) is 24.8 Å².